The van der Waals surface area contributed by atoms with Crippen molar-refractivity contribution in [2.45, 2.75) is 75.5 Å². The van der Waals surface area contributed by atoms with E-state index in [1.165, 1.54) is 74.2 Å². The van der Waals surface area contributed by atoms with E-state index in [4.69, 9.17) is 0 Å². The predicted octanol–water partition coefficient (Wildman–Crippen LogP) is 2.98. The van der Waals surface area contributed by atoms with Crippen LogP contribution in [0.2, 0.25) is 0 Å². The predicted molar refractivity (Wildman–Crippen MR) is 115 cm³/mol. The SMILES string of the molecule is CN1C(c2ccccc2C2=[N+](C)[C@@H]3CCCC[C@H]3N2C)=[N+](C)[C@@H]2CCCC[C@H]21. The molecule has 1 aromatic carbocycles. The van der Waals surface area contributed by atoms with Gasteiger partial charge in [-0.15, -0.1) is 0 Å². The van der Waals surface area contributed by atoms with Crippen molar-refractivity contribution in [2.24, 2.45) is 0 Å². The molecule has 0 unspecified atom stereocenters. The summed E-state index contributed by atoms with van der Waals surface area (Å²) in [7, 11) is 9.30. The van der Waals surface area contributed by atoms with Crippen LogP contribution in [0.1, 0.15) is 62.5 Å². The summed E-state index contributed by atoms with van der Waals surface area (Å²) in [6, 6.07) is 11.8. The Bertz CT molecular complexity index is 770. The molecule has 2 aliphatic carbocycles. The van der Waals surface area contributed by atoms with E-state index in [1.807, 2.05) is 0 Å². The smallest absolute Gasteiger partial charge is 0.257 e. The van der Waals surface area contributed by atoms with Gasteiger partial charge in [-0.2, -0.15) is 0 Å². The standard InChI is InChI=1S/C24H36N4/c1-25-19-13-7-8-14-20(19)26(2)23(25)17-11-5-6-12-18(17)24-27(3)21-15-9-10-16-22(21)28(24)4/h5-6,11-12,19-22H,7-10,13-16H2,1-4H3/q+2/t19-,20-,21-,22-/m1/s1. The Kier molecular flexibility index (Phi) is 4.48. The quantitative estimate of drug-likeness (QED) is 0.732. The van der Waals surface area contributed by atoms with Gasteiger partial charge in [0.05, 0.1) is 39.3 Å². The van der Waals surface area contributed by atoms with E-state index >= 15 is 0 Å². The first-order valence-corrected chi connectivity index (χ1v) is 11.3. The first-order valence-electron chi connectivity index (χ1n) is 11.3. The average molecular weight is 381 g/mol. The van der Waals surface area contributed by atoms with Crippen molar-refractivity contribution < 1.29 is 9.15 Å². The number of hydrogen-bond acceptors (Lipinski definition) is 2. The molecular weight excluding hydrogens is 344 g/mol. The number of benzene rings is 1. The van der Waals surface area contributed by atoms with Gasteiger partial charge in [0.1, 0.15) is 24.2 Å². The Hall–Kier alpha value is -1.84. The molecule has 0 spiro atoms. The molecule has 0 N–H and O–H groups in total. The summed E-state index contributed by atoms with van der Waals surface area (Å²) < 4.78 is 5.18. The highest BCUT2D eigenvalue weighted by Crippen LogP contribution is 2.34. The van der Waals surface area contributed by atoms with E-state index in [9.17, 15) is 0 Å². The van der Waals surface area contributed by atoms with Gasteiger partial charge in [0.15, 0.2) is 0 Å². The summed E-state index contributed by atoms with van der Waals surface area (Å²) in [6.07, 6.45) is 10.8. The van der Waals surface area contributed by atoms with Crippen LogP contribution >= 0.6 is 0 Å². The van der Waals surface area contributed by atoms with Gasteiger partial charge in [-0.05, 0) is 63.5 Å². The fourth-order valence-corrected chi connectivity index (χ4v) is 6.75. The molecule has 2 aliphatic heterocycles. The lowest BCUT2D eigenvalue weighted by atomic mass is 9.90. The molecule has 0 aromatic heterocycles. The topological polar surface area (TPSA) is 12.5 Å². The first-order chi connectivity index (χ1) is 13.6. The average Bonchev–Trinajstić information content (AvgIpc) is 3.13. The van der Waals surface area contributed by atoms with Crippen molar-refractivity contribution in [2.75, 3.05) is 28.2 Å². The van der Waals surface area contributed by atoms with Crippen LogP contribution in [0.15, 0.2) is 24.3 Å². The largest absolute Gasteiger partial charge is 0.280 e. The maximum atomic E-state index is 2.59. The van der Waals surface area contributed by atoms with Crippen molar-refractivity contribution >= 4 is 11.7 Å². The van der Waals surface area contributed by atoms with Crippen LogP contribution in [0.5, 0.6) is 0 Å². The van der Waals surface area contributed by atoms with Crippen LogP contribution < -0.4 is 0 Å². The summed E-state index contributed by atoms with van der Waals surface area (Å²) >= 11 is 0. The van der Waals surface area contributed by atoms with Crippen LogP contribution in [0.3, 0.4) is 0 Å². The van der Waals surface area contributed by atoms with E-state index < -0.39 is 0 Å². The fraction of sp³-hybridized carbons (Fsp3) is 0.667. The van der Waals surface area contributed by atoms with Crippen LogP contribution in [-0.4, -0.2) is 83.0 Å². The normalized spacial score (nSPS) is 32.9. The van der Waals surface area contributed by atoms with Crippen LogP contribution in [0.4, 0.5) is 0 Å². The van der Waals surface area contributed by atoms with Crippen molar-refractivity contribution in [3.63, 3.8) is 0 Å². The van der Waals surface area contributed by atoms with E-state index in [0.717, 1.165) is 0 Å². The summed E-state index contributed by atoms with van der Waals surface area (Å²) in [4.78, 5) is 5.18. The lowest BCUT2D eigenvalue weighted by Crippen LogP contribution is -2.41. The van der Waals surface area contributed by atoms with Gasteiger partial charge in [-0.25, -0.2) is 0 Å². The van der Waals surface area contributed by atoms with Gasteiger partial charge in [-0.1, -0.05) is 12.1 Å². The highest BCUT2D eigenvalue weighted by atomic mass is 15.3. The van der Waals surface area contributed by atoms with E-state index in [0.29, 0.717) is 24.2 Å². The molecule has 2 saturated carbocycles. The Labute approximate surface area is 170 Å². The molecule has 0 bridgehead atoms. The second kappa shape index (κ2) is 6.89. The summed E-state index contributed by atoms with van der Waals surface area (Å²) in [5.41, 5.74) is 2.82. The molecule has 0 amide bonds. The van der Waals surface area contributed by atoms with E-state index in [1.54, 1.807) is 0 Å². The monoisotopic (exact) mass is 380 g/mol. The van der Waals surface area contributed by atoms with Gasteiger partial charge in [0.2, 0.25) is 0 Å². The minimum atomic E-state index is 0.674. The first kappa shape index (κ1) is 18.2. The van der Waals surface area contributed by atoms with E-state index in [2.05, 4.69) is 71.4 Å². The second-order valence-electron chi connectivity index (χ2n) is 9.47. The number of nitrogens with zero attached hydrogens (tertiary/aromatic N) is 4. The second-order valence-corrected chi connectivity index (χ2v) is 9.47. The molecule has 0 saturated heterocycles. The molecule has 0 radical (unpaired) electrons. The lowest BCUT2D eigenvalue weighted by molar-refractivity contribution is -0.534. The maximum Gasteiger partial charge on any atom is 0.280 e. The molecule has 28 heavy (non-hydrogen) atoms. The highest BCUT2D eigenvalue weighted by Gasteiger charge is 2.49. The number of amidine groups is 2. The van der Waals surface area contributed by atoms with Crippen LogP contribution in [-0.2, 0) is 0 Å². The molecule has 4 nitrogen and oxygen atoms in total. The molecule has 1 aromatic rings. The fourth-order valence-electron chi connectivity index (χ4n) is 6.75. The lowest BCUT2D eigenvalue weighted by Gasteiger charge is -2.25. The summed E-state index contributed by atoms with van der Waals surface area (Å²) in [6.45, 7) is 0. The Balaban J connectivity index is 1.61. The van der Waals surface area contributed by atoms with Crippen molar-refractivity contribution in [1.29, 1.82) is 0 Å². The zero-order valence-corrected chi connectivity index (χ0v) is 18.1. The number of fused-ring (bicyclic) bond motifs is 2. The maximum absolute atomic E-state index is 2.59. The molecule has 4 atom stereocenters. The Morgan fingerprint density at radius 3 is 1.46 bits per heavy atom. The molecule has 4 heteroatoms. The zero-order valence-electron chi connectivity index (χ0n) is 18.1. The number of likely N-dealkylation sites (N-methyl/N-ethyl adjacent to an activating group) is 4. The van der Waals surface area contributed by atoms with E-state index in [-0.39, 0.29) is 0 Å². The van der Waals surface area contributed by atoms with Crippen molar-refractivity contribution in [3.05, 3.63) is 35.4 Å². The molecule has 150 valence electrons. The highest BCUT2D eigenvalue weighted by molar-refractivity contribution is 6.08. The number of rotatable bonds is 2. The third-order valence-corrected chi connectivity index (χ3v) is 8.12. The minimum absolute atomic E-state index is 0.674. The molecule has 2 fully saturated rings. The van der Waals surface area contributed by atoms with Crippen molar-refractivity contribution in [1.82, 2.24) is 9.80 Å². The Morgan fingerprint density at radius 2 is 1.07 bits per heavy atom. The summed E-state index contributed by atoms with van der Waals surface area (Å²) in [5.74, 6) is 2.85. The molecule has 4 aliphatic rings. The molecular formula is C24H36N4+2. The van der Waals surface area contributed by atoms with Gasteiger partial charge in [0, 0.05) is 0 Å². The van der Waals surface area contributed by atoms with Crippen LogP contribution in [0, 0.1) is 0 Å². The molecule has 5 rings (SSSR count). The zero-order chi connectivity index (χ0) is 19.4. The minimum Gasteiger partial charge on any atom is -0.257 e. The summed E-state index contributed by atoms with van der Waals surface area (Å²) in [5, 5.41) is 0. The number of hydrogen-bond donors (Lipinski definition) is 0. The van der Waals surface area contributed by atoms with Gasteiger partial charge >= 0.3 is 0 Å². The molecule has 2 heterocycles. The van der Waals surface area contributed by atoms with Crippen LogP contribution in [0.25, 0.3) is 0 Å². The van der Waals surface area contributed by atoms with Gasteiger partial charge in [0.25, 0.3) is 11.7 Å². The van der Waals surface area contributed by atoms with Crippen molar-refractivity contribution in [3.8, 4) is 0 Å². The van der Waals surface area contributed by atoms with Gasteiger partial charge < -0.3 is 0 Å². The third-order valence-electron chi connectivity index (χ3n) is 8.12. The Morgan fingerprint density at radius 1 is 0.679 bits per heavy atom. The third kappa shape index (κ3) is 2.56. The van der Waals surface area contributed by atoms with Gasteiger partial charge in [-0.3, -0.25) is 19.0 Å².